The van der Waals surface area contributed by atoms with Crippen LogP contribution in [0.15, 0.2) is 47.1 Å². The van der Waals surface area contributed by atoms with Crippen LogP contribution in [0.4, 0.5) is 0 Å². The molecule has 32 heavy (non-hydrogen) atoms. The summed E-state index contributed by atoms with van der Waals surface area (Å²) in [6, 6.07) is 11.3. The van der Waals surface area contributed by atoms with Gasteiger partial charge < -0.3 is 24.1 Å². The summed E-state index contributed by atoms with van der Waals surface area (Å²) < 4.78 is 16.6. The van der Waals surface area contributed by atoms with Crippen LogP contribution >= 0.6 is 0 Å². The van der Waals surface area contributed by atoms with Gasteiger partial charge in [-0.3, -0.25) is 9.59 Å². The minimum absolute atomic E-state index is 0.0534. The Morgan fingerprint density at radius 1 is 1.25 bits per heavy atom. The van der Waals surface area contributed by atoms with Crippen LogP contribution < -0.4 is 14.8 Å². The first-order valence-electron chi connectivity index (χ1n) is 11.4. The van der Waals surface area contributed by atoms with Crippen molar-refractivity contribution in [3.63, 3.8) is 0 Å². The Morgan fingerprint density at radius 3 is 2.75 bits per heavy atom. The Labute approximate surface area is 189 Å². The molecule has 0 radical (unpaired) electrons. The predicted octanol–water partition coefficient (Wildman–Crippen LogP) is 3.58. The van der Waals surface area contributed by atoms with Gasteiger partial charge in [-0.15, -0.1) is 0 Å². The Hall–Kier alpha value is -2.96. The lowest BCUT2D eigenvalue weighted by molar-refractivity contribution is -0.134. The second-order valence-corrected chi connectivity index (χ2v) is 8.92. The molecular formula is C25H32N2O5. The summed E-state index contributed by atoms with van der Waals surface area (Å²) in [7, 11) is 1.64. The van der Waals surface area contributed by atoms with Gasteiger partial charge in [0.2, 0.25) is 11.8 Å². The minimum Gasteiger partial charge on any atom is -0.497 e. The highest BCUT2D eigenvalue weighted by Gasteiger charge is 2.39. The molecule has 1 aromatic carbocycles. The first-order valence-corrected chi connectivity index (χ1v) is 11.4. The molecule has 2 aliphatic heterocycles. The molecule has 2 saturated heterocycles. The third-order valence-corrected chi connectivity index (χ3v) is 6.56. The second kappa shape index (κ2) is 10.1. The van der Waals surface area contributed by atoms with Gasteiger partial charge in [-0.2, -0.15) is 0 Å². The Morgan fingerprint density at radius 2 is 2.06 bits per heavy atom. The summed E-state index contributed by atoms with van der Waals surface area (Å²) in [5.74, 6) is 2.98. The van der Waals surface area contributed by atoms with E-state index in [-0.39, 0.29) is 11.8 Å². The third kappa shape index (κ3) is 5.64. The predicted molar refractivity (Wildman–Crippen MR) is 120 cm³/mol. The number of hydrogen-bond donors (Lipinski definition) is 1. The molecule has 0 aliphatic carbocycles. The van der Waals surface area contributed by atoms with Crippen molar-refractivity contribution in [2.24, 2.45) is 5.92 Å². The van der Waals surface area contributed by atoms with Crippen molar-refractivity contribution >= 4 is 11.8 Å². The lowest BCUT2D eigenvalue weighted by atomic mass is 9.86. The number of nitrogens with zero attached hydrogens (tertiary/aromatic N) is 1. The van der Waals surface area contributed by atoms with Crippen LogP contribution in [0.2, 0.25) is 0 Å². The quantitative estimate of drug-likeness (QED) is 0.645. The van der Waals surface area contributed by atoms with Gasteiger partial charge in [0.25, 0.3) is 0 Å². The van der Waals surface area contributed by atoms with Crippen molar-refractivity contribution < 1.29 is 23.5 Å². The number of carbonyl (C=O) groups excluding carboxylic acids is 2. The van der Waals surface area contributed by atoms with Crippen LogP contribution in [-0.4, -0.2) is 49.1 Å². The summed E-state index contributed by atoms with van der Waals surface area (Å²) in [6.45, 7) is 2.09. The number of piperidine rings is 1. The molecular weight excluding hydrogens is 408 g/mol. The molecule has 1 N–H and O–H groups in total. The maximum Gasteiger partial charge on any atom is 0.222 e. The number of rotatable bonds is 9. The molecule has 2 aliphatic rings. The van der Waals surface area contributed by atoms with Crippen molar-refractivity contribution in [1.29, 1.82) is 0 Å². The van der Waals surface area contributed by atoms with Gasteiger partial charge in [0, 0.05) is 43.8 Å². The van der Waals surface area contributed by atoms with Gasteiger partial charge in [0.1, 0.15) is 17.3 Å². The van der Waals surface area contributed by atoms with Gasteiger partial charge in [-0.25, -0.2) is 0 Å². The largest absolute Gasteiger partial charge is 0.497 e. The molecule has 7 nitrogen and oxygen atoms in total. The molecule has 2 atom stereocenters. The van der Waals surface area contributed by atoms with E-state index < -0.39 is 5.54 Å². The fourth-order valence-electron chi connectivity index (χ4n) is 4.75. The minimum atomic E-state index is -0.392. The Balaban J connectivity index is 1.28. The van der Waals surface area contributed by atoms with E-state index in [1.54, 1.807) is 13.4 Å². The number of methoxy groups -OCH3 is 1. The van der Waals surface area contributed by atoms with Gasteiger partial charge in [-0.05, 0) is 62.1 Å². The molecule has 0 spiro atoms. The fourth-order valence-corrected chi connectivity index (χ4v) is 4.75. The SMILES string of the molecule is COc1ccc(OC[C@@H]2CCCN(C(=O)CC[C@]3(Cc4ccco4)CCC(=O)N3)C2)cc1. The van der Waals surface area contributed by atoms with Crippen LogP contribution in [0.5, 0.6) is 11.5 Å². The van der Waals surface area contributed by atoms with Gasteiger partial charge in [0.15, 0.2) is 0 Å². The standard InChI is InChI=1S/C25H32N2O5/c1-30-20-6-8-21(9-7-20)32-18-19-4-2-14-27(17-19)24(29)11-13-25(12-10-23(28)26-25)16-22-5-3-15-31-22/h3,5-9,15,19H,2,4,10-14,16-18H2,1H3,(H,26,28)/t19-,25+/m1/s1. The lowest BCUT2D eigenvalue weighted by Gasteiger charge is -2.34. The van der Waals surface area contributed by atoms with Crippen LogP contribution in [-0.2, 0) is 16.0 Å². The highest BCUT2D eigenvalue weighted by Crippen LogP contribution is 2.30. The zero-order valence-corrected chi connectivity index (χ0v) is 18.7. The molecule has 3 heterocycles. The number of likely N-dealkylation sites (tertiary alicyclic amines) is 1. The molecule has 172 valence electrons. The van der Waals surface area contributed by atoms with E-state index in [0.29, 0.717) is 44.8 Å². The highest BCUT2D eigenvalue weighted by atomic mass is 16.5. The normalized spacial score (nSPS) is 23.1. The van der Waals surface area contributed by atoms with Crippen molar-refractivity contribution in [3.05, 3.63) is 48.4 Å². The highest BCUT2D eigenvalue weighted by molar-refractivity contribution is 5.80. The number of amides is 2. The van der Waals surface area contributed by atoms with Gasteiger partial charge in [-0.1, -0.05) is 0 Å². The zero-order valence-electron chi connectivity index (χ0n) is 18.7. The number of ether oxygens (including phenoxy) is 2. The molecule has 2 aromatic rings. The van der Waals surface area contributed by atoms with Gasteiger partial charge >= 0.3 is 0 Å². The summed E-state index contributed by atoms with van der Waals surface area (Å²) in [4.78, 5) is 26.9. The average Bonchev–Trinajstić information content (AvgIpc) is 3.46. The number of benzene rings is 1. The summed E-state index contributed by atoms with van der Waals surface area (Å²) in [5.41, 5.74) is -0.392. The second-order valence-electron chi connectivity index (χ2n) is 8.92. The van der Waals surface area contributed by atoms with Crippen molar-refractivity contribution in [2.45, 2.75) is 50.5 Å². The summed E-state index contributed by atoms with van der Waals surface area (Å²) >= 11 is 0. The van der Waals surface area contributed by atoms with E-state index >= 15 is 0 Å². The van der Waals surface area contributed by atoms with Crippen molar-refractivity contribution in [2.75, 3.05) is 26.8 Å². The number of nitrogens with one attached hydrogen (secondary N) is 1. The molecule has 4 rings (SSSR count). The Bertz CT molecular complexity index is 896. The first-order chi connectivity index (χ1) is 15.5. The smallest absolute Gasteiger partial charge is 0.222 e. The zero-order chi connectivity index (χ0) is 22.4. The van der Waals surface area contributed by atoms with E-state index in [9.17, 15) is 9.59 Å². The molecule has 2 amide bonds. The third-order valence-electron chi connectivity index (χ3n) is 6.56. The maximum absolute atomic E-state index is 13.0. The van der Waals surface area contributed by atoms with E-state index in [0.717, 1.165) is 43.1 Å². The number of furan rings is 1. The average molecular weight is 441 g/mol. The first kappa shape index (κ1) is 22.2. The number of carbonyl (C=O) groups is 2. The van der Waals surface area contributed by atoms with Crippen LogP contribution in [0.3, 0.4) is 0 Å². The summed E-state index contributed by atoms with van der Waals surface area (Å²) in [6.07, 6.45) is 6.59. The Kier molecular flexibility index (Phi) is 7.02. The van der Waals surface area contributed by atoms with Crippen LogP contribution in [0, 0.1) is 5.92 Å². The van der Waals surface area contributed by atoms with Crippen molar-refractivity contribution in [1.82, 2.24) is 10.2 Å². The number of hydrogen-bond acceptors (Lipinski definition) is 5. The molecule has 0 saturated carbocycles. The van der Waals surface area contributed by atoms with E-state index in [2.05, 4.69) is 5.32 Å². The molecule has 1 aromatic heterocycles. The van der Waals surface area contributed by atoms with Crippen LogP contribution in [0.25, 0.3) is 0 Å². The molecule has 2 fully saturated rings. The lowest BCUT2D eigenvalue weighted by Crippen LogP contribution is -2.46. The molecule has 0 bridgehead atoms. The van der Waals surface area contributed by atoms with E-state index in [1.165, 1.54) is 0 Å². The van der Waals surface area contributed by atoms with Crippen LogP contribution in [0.1, 0.15) is 44.3 Å². The van der Waals surface area contributed by atoms with Gasteiger partial charge in [0.05, 0.1) is 20.0 Å². The maximum atomic E-state index is 13.0. The fraction of sp³-hybridized carbons (Fsp3) is 0.520. The topological polar surface area (TPSA) is 81.0 Å². The van der Waals surface area contributed by atoms with Crippen molar-refractivity contribution in [3.8, 4) is 11.5 Å². The monoisotopic (exact) mass is 440 g/mol. The summed E-state index contributed by atoms with van der Waals surface area (Å²) in [5, 5.41) is 3.12. The van der Waals surface area contributed by atoms with E-state index in [4.69, 9.17) is 13.9 Å². The molecule has 0 unspecified atom stereocenters. The van der Waals surface area contributed by atoms with E-state index in [1.807, 2.05) is 41.3 Å². The molecule has 7 heteroatoms.